The Kier molecular flexibility index (Phi) is 1.69. The number of benzene rings is 2. The summed E-state index contributed by atoms with van der Waals surface area (Å²) >= 11 is 0. The maximum atomic E-state index is 9.85. The number of phenols is 2. The summed E-state index contributed by atoms with van der Waals surface area (Å²) < 4.78 is 0. The van der Waals surface area contributed by atoms with Gasteiger partial charge in [0.25, 0.3) is 0 Å². The monoisotopic (exact) mass is 229 g/mol. The molecular weight excluding hydrogens is 218 g/mol. The standard InChI is InChI=1S/C12H11N3O2/c13-7-3-1-5-6-2-4-8(14)12(17)10(6)15-9(5)11(7)16/h1-4,15-17H,13-14H2. The summed E-state index contributed by atoms with van der Waals surface area (Å²) in [6.45, 7) is 0. The van der Waals surface area contributed by atoms with Crippen molar-refractivity contribution in [2.24, 2.45) is 0 Å². The lowest BCUT2D eigenvalue weighted by atomic mass is 10.1. The number of aromatic nitrogens is 1. The van der Waals surface area contributed by atoms with Crippen LogP contribution in [0.3, 0.4) is 0 Å². The van der Waals surface area contributed by atoms with E-state index in [1.165, 1.54) is 0 Å². The third kappa shape index (κ3) is 1.13. The number of nitrogen functional groups attached to an aromatic ring is 2. The summed E-state index contributed by atoms with van der Waals surface area (Å²) in [5.74, 6) is -0.0339. The Balaban J connectivity index is 2.58. The Morgan fingerprint density at radius 3 is 1.59 bits per heavy atom. The lowest BCUT2D eigenvalue weighted by Gasteiger charge is -1.99. The largest absolute Gasteiger partial charge is 0.504 e. The van der Waals surface area contributed by atoms with E-state index in [1.807, 2.05) is 0 Å². The molecule has 1 aromatic heterocycles. The molecule has 0 aliphatic rings. The van der Waals surface area contributed by atoms with Gasteiger partial charge < -0.3 is 26.7 Å². The number of aromatic amines is 1. The average molecular weight is 229 g/mol. The predicted octanol–water partition coefficient (Wildman–Crippen LogP) is 1.90. The number of fused-ring (bicyclic) bond motifs is 3. The lowest BCUT2D eigenvalue weighted by Crippen LogP contribution is -1.85. The van der Waals surface area contributed by atoms with Gasteiger partial charge in [-0.1, -0.05) is 0 Å². The van der Waals surface area contributed by atoms with E-state index in [9.17, 15) is 10.2 Å². The number of phenolic OH excluding ortho intramolecular Hbond substituents is 2. The third-order valence-electron chi connectivity index (χ3n) is 2.96. The fraction of sp³-hybridized carbons (Fsp3) is 0. The molecule has 1 heterocycles. The van der Waals surface area contributed by atoms with Crippen molar-refractivity contribution in [1.29, 1.82) is 0 Å². The van der Waals surface area contributed by atoms with Gasteiger partial charge in [0, 0.05) is 10.8 Å². The minimum absolute atomic E-state index is 0.0170. The fourth-order valence-electron chi connectivity index (χ4n) is 2.04. The van der Waals surface area contributed by atoms with Crippen molar-refractivity contribution in [3.05, 3.63) is 24.3 Å². The first kappa shape index (κ1) is 9.65. The molecule has 0 aliphatic carbocycles. The molecule has 0 saturated heterocycles. The van der Waals surface area contributed by atoms with Crippen molar-refractivity contribution < 1.29 is 10.2 Å². The van der Waals surface area contributed by atoms with E-state index in [-0.39, 0.29) is 22.9 Å². The van der Waals surface area contributed by atoms with Crippen molar-refractivity contribution in [2.75, 3.05) is 11.5 Å². The van der Waals surface area contributed by atoms with E-state index < -0.39 is 0 Å². The van der Waals surface area contributed by atoms with E-state index in [0.717, 1.165) is 10.8 Å². The minimum Gasteiger partial charge on any atom is -0.504 e. The fourth-order valence-corrected chi connectivity index (χ4v) is 2.04. The molecule has 3 aromatic rings. The van der Waals surface area contributed by atoms with Crippen LogP contribution in [-0.2, 0) is 0 Å². The van der Waals surface area contributed by atoms with Gasteiger partial charge >= 0.3 is 0 Å². The van der Waals surface area contributed by atoms with Crippen LogP contribution in [0.15, 0.2) is 24.3 Å². The molecule has 86 valence electrons. The summed E-state index contributed by atoms with van der Waals surface area (Å²) in [5, 5.41) is 21.3. The van der Waals surface area contributed by atoms with E-state index >= 15 is 0 Å². The number of nitrogens with two attached hydrogens (primary N) is 2. The molecule has 3 rings (SSSR count). The van der Waals surface area contributed by atoms with Gasteiger partial charge in [0.2, 0.25) is 0 Å². The van der Waals surface area contributed by atoms with Crippen LogP contribution in [0, 0.1) is 0 Å². The summed E-state index contributed by atoms with van der Waals surface area (Å²) in [7, 11) is 0. The summed E-state index contributed by atoms with van der Waals surface area (Å²) in [6.07, 6.45) is 0. The zero-order chi connectivity index (χ0) is 12.2. The van der Waals surface area contributed by atoms with Gasteiger partial charge in [-0.15, -0.1) is 0 Å². The number of H-pyrrole nitrogens is 1. The van der Waals surface area contributed by atoms with Crippen LogP contribution in [0.5, 0.6) is 11.5 Å². The van der Waals surface area contributed by atoms with Crippen molar-refractivity contribution in [3.8, 4) is 11.5 Å². The Bertz CT molecular complexity index is 684. The molecule has 5 heteroatoms. The molecule has 0 amide bonds. The predicted molar refractivity (Wildman–Crippen MR) is 68.0 cm³/mol. The molecule has 0 bridgehead atoms. The normalized spacial score (nSPS) is 11.3. The SMILES string of the molecule is Nc1ccc2c([nH]c3c(O)c(N)ccc32)c1O. The van der Waals surface area contributed by atoms with Crippen molar-refractivity contribution in [3.63, 3.8) is 0 Å². The topological polar surface area (TPSA) is 108 Å². The molecule has 2 aromatic carbocycles. The third-order valence-corrected chi connectivity index (χ3v) is 2.96. The smallest absolute Gasteiger partial charge is 0.162 e. The number of rotatable bonds is 0. The van der Waals surface area contributed by atoms with Crippen LogP contribution in [0.2, 0.25) is 0 Å². The first-order valence-electron chi connectivity index (χ1n) is 5.10. The van der Waals surface area contributed by atoms with E-state index in [4.69, 9.17) is 11.5 Å². The van der Waals surface area contributed by atoms with Crippen LogP contribution in [0.4, 0.5) is 11.4 Å². The van der Waals surface area contributed by atoms with Gasteiger partial charge in [0.05, 0.1) is 22.4 Å². The van der Waals surface area contributed by atoms with Crippen molar-refractivity contribution in [2.45, 2.75) is 0 Å². The highest BCUT2D eigenvalue weighted by Crippen LogP contribution is 2.39. The van der Waals surface area contributed by atoms with Gasteiger partial charge in [-0.25, -0.2) is 0 Å². The Hall–Kier alpha value is -2.56. The maximum Gasteiger partial charge on any atom is 0.162 e. The van der Waals surface area contributed by atoms with Crippen LogP contribution < -0.4 is 11.5 Å². The molecule has 0 saturated carbocycles. The molecule has 0 unspecified atom stereocenters. The van der Waals surface area contributed by atoms with Crippen LogP contribution in [-0.4, -0.2) is 15.2 Å². The number of hydrogen-bond donors (Lipinski definition) is 5. The minimum atomic E-state index is -0.0170. The number of hydrogen-bond acceptors (Lipinski definition) is 4. The molecule has 7 N–H and O–H groups in total. The van der Waals surface area contributed by atoms with Crippen LogP contribution >= 0.6 is 0 Å². The molecule has 0 aliphatic heterocycles. The highest BCUT2D eigenvalue weighted by Gasteiger charge is 2.13. The summed E-state index contributed by atoms with van der Waals surface area (Å²) in [4.78, 5) is 2.94. The first-order valence-corrected chi connectivity index (χ1v) is 5.10. The highest BCUT2D eigenvalue weighted by atomic mass is 16.3. The molecular formula is C12H11N3O2. The van der Waals surface area contributed by atoms with Crippen molar-refractivity contribution in [1.82, 2.24) is 4.98 Å². The molecule has 5 nitrogen and oxygen atoms in total. The average Bonchev–Trinajstić information content (AvgIpc) is 2.69. The van der Waals surface area contributed by atoms with Crippen LogP contribution in [0.25, 0.3) is 21.8 Å². The lowest BCUT2D eigenvalue weighted by molar-refractivity contribution is 0.481. The molecule has 0 spiro atoms. The zero-order valence-electron chi connectivity index (χ0n) is 8.86. The molecule has 17 heavy (non-hydrogen) atoms. The van der Waals surface area contributed by atoms with Gasteiger partial charge in [-0.05, 0) is 24.3 Å². The summed E-state index contributed by atoms with van der Waals surface area (Å²) in [6, 6.07) is 6.83. The van der Waals surface area contributed by atoms with Gasteiger partial charge in [0.15, 0.2) is 11.5 Å². The molecule has 0 radical (unpaired) electrons. The second-order valence-corrected chi connectivity index (χ2v) is 3.98. The number of aromatic hydroxyl groups is 2. The number of nitrogens with one attached hydrogen (secondary N) is 1. The second-order valence-electron chi connectivity index (χ2n) is 3.98. The Labute approximate surface area is 96.3 Å². The Morgan fingerprint density at radius 2 is 1.18 bits per heavy atom. The van der Waals surface area contributed by atoms with Crippen LogP contribution in [0.1, 0.15) is 0 Å². The molecule has 0 fully saturated rings. The van der Waals surface area contributed by atoms with Crippen molar-refractivity contribution >= 4 is 33.2 Å². The highest BCUT2D eigenvalue weighted by molar-refractivity contribution is 6.13. The van der Waals surface area contributed by atoms with E-state index in [0.29, 0.717) is 11.0 Å². The number of anilines is 2. The van der Waals surface area contributed by atoms with Gasteiger partial charge in [-0.2, -0.15) is 0 Å². The van der Waals surface area contributed by atoms with Gasteiger partial charge in [-0.3, -0.25) is 0 Å². The van der Waals surface area contributed by atoms with E-state index in [2.05, 4.69) is 4.98 Å². The maximum absolute atomic E-state index is 9.85. The Morgan fingerprint density at radius 1 is 0.765 bits per heavy atom. The quantitative estimate of drug-likeness (QED) is 0.299. The van der Waals surface area contributed by atoms with E-state index in [1.54, 1.807) is 24.3 Å². The second kappa shape index (κ2) is 2.98. The van der Waals surface area contributed by atoms with Gasteiger partial charge in [0.1, 0.15) is 0 Å². The first-order chi connectivity index (χ1) is 8.09. The summed E-state index contributed by atoms with van der Waals surface area (Å²) in [5.41, 5.74) is 12.8. The molecule has 0 atom stereocenters. The zero-order valence-corrected chi connectivity index (χ0v) is 8.86.